The number of benzene rings is 1. The number of phenols is 1. The molecule has 13 heavy (non-hydrogen) atoms. The average molecular weight is 178 g/mol. The molecule has 0 saturated heterocycles. The number of phenolic OH excluding ortho intramolecular Hbond substituents is 1. The lowest BCUT2D eigenvalue weighted by Crippen LogP contribution is -2.15. The largest absolute Gasteiger partial charge is 0.508 e. The predicted molar refractivity (Wildman–Crippen MR) is 56.2 cm³/mol. The van der Waals surface area contributed by atoms with Gasteiger partial charge >= 0.3 is 0 Å². The number of hydrogen-bond donors (Lipinski definition) is 1. The zero-order valence-electron chi connectivity index (χ0n) is 8.89. The third-order valence-corrected chi connectivity index (χ3v) is 2.77. The Kier molecular flexibility index (Phi) is 2.65. The second-order valence-electron chi connectivity index (χ2n) is 4.26. The Morgan fingerprint density at radius 1 is 1.31 bits per heavy atom. The van der Waals surface area contributed by atoms with Crippen LogP contribution >= 0.6 is 0 Å². The zero-order valence-corrected chi connectivity index (χ0v) is 8.89. The normalized spacial score (nSPS) is 11.7. The first-order valence-corrected chi connectivity index (χ1v) is 4.77. The number of hydrogen-bond acceptors (Lipinski definition) is 1. The van der Waals surface area contributed by atoms with Crippen LogP contribution in [-0.2, 0) is 5.41 Å². The molecule has 1 rings (SSSR count). The maximum absolute atomic E-state index is 9.70. The summed E-state index contributed by atoms with van der Waals surface area (Å²) in [4.78, 5) is 0. The van der Waals surface area contributed by atoms with Crippen molar-refractivity contribution in [1.82, 2.24) is 0 Å². The molecule has 0 radical (unpaired) electrons. The Morgan fingerprint density at radius 3 is 2.46 bits per heavy atom. The molecule has 0 aliphatic carbocycles. The molecule has 0 unspecified atom stereocenters. The maximum atomic E-state index is 9.70. The van der Waals surface area contributed by atoms with Crippen LogP contribution in [0.4, 0.5) is 0 Å². The molecule has 1 N–H and O–H groups in total. The molecule has 0 aliphatic heterocycles. The minimum Gasteiger partial charge on any atom is -0.508 e. The lowest BCUT2D eigenvalue weighted by molar-refractivity contribution is 0.428. The molecule has 0 fully saturated rings. The first-order chi connectivity index (χ1) is 5.97. The summed E-state index contributed by atoms with van der Waals surface area (Å²) >= 11 is 0. The van der Waals surface area contributed by atoms with E-state index in [9.17, 15) is 5.11 Å². The first-order valence-electron chi connectivity index (χ1n) is 4.77. The Balaban J connectivity index is 3.20. The average Bonchev–Trinajstić information content (AvgIpc) is 2.09. The summed E-state index contributed by atoms with van der Waals surface area (Å²) in [5.41, 5.74) is 2.32. The fourth-order valence-corrected chi connectivity index (χ4v) is 1.38. The molecule has 1 aromatic rings. The predicted octanol–water partition coefficient (Wildman–Crippen LogP) is 3.39. The highest BCUT2D eigenvalue weighted by Crippen LogP contribution is 2.33. The lowest BCUT2D eigenvalue weighted by atomic mass is 9.81. The monoisotopic (exact) mass is 178 g/mol. The Hall–Kier alpha value is -0.980. The lowest BCUT2D eigenvalue weighted by Gasteiger charge is -2.24. The molecule has 1 nitrogen and oxygen atoms in total. The summed E-state index contributed by atoms with van der Waals surface area (Å²) in [5, 5.41) is 9.70. The van der Waals surface area contributed by atoms with E-state index in [1.807, 2.05) is 6.07 Å². The quantitative estimate of drug-likeness (QED) is 0.736. The molecule has 72 valence electrons. The molecular weight excluding hydrogens is 160 g/mol. The third kappa shape index (κ3) is 2.03. The summed E-state index contributed by atoms with van der Waals surface area (Å²) < 4.78 is 0. The van der Waals surface area contributed by atoms with Gasteiger partial charge in [0.1, 0.15) is 5.75 Å². The smallest absolute Gasteiger partial charge is 0.119 e. The minimum atomic E-state index is 0.0656. The third-order valence-electron chi connectivity index (χ3n) is 2.77. The molecule has 0 amide bonds. The number of rotatable bonds is 2. The highest BCUT2D eigenvalue weighted by Gasteiger charge is 2.21. The van der Waals surface area contributed by atoms with Crippen LogP contribution in [-0.4, -0.2) is 5.11 Å². The summed E-state index contributed by atoms with van der Waals surface area (Å²) in [5.74, 6) is 0.414. The van der Waals surface area contributed by atoms with E-state index in [1.54, 1.807) is 6.07 Å². The van der Waals surface area contributed by atoms with E-state index in [1.165, 1.54) is 5.56 Å². The highest BCUT2D eigenvalue weighted by molar-refractivity contribution is 5.40. The molecule has 0 aromatic heterocycles. The van der Waals surface area contributed by atoms with E-state index in [0.717, 1.165) is 12.0 Å². The second-order valence-corrected chi connectivity index (χ2v) is 4.26. The fraction of sp³-hybridized carbons (Fsp3) is 0.500. The van der Waals surface area contributed by atoms with Gasteiger partial charge in [-0.15, -0.1) is 0 Å². The van der Waals surface area contributed by atoms with Crippen LogP contribution in [0, 0.1) is 6.92 Å². The summed E-state index contributed by atoms with van der Waals surface area (Å²) in [6.07, 6.45) is 1.03. The van der Waals surface area contributed by atoms with Gasteiger partial charge in [-0.1, -0.05) is 38.5 Å². The van der Waals surface area contributed by atoms with E-state index >= 15 is 0 Å². The van der Waals surface area contributed by atoms with Gasteiger partial charge < -0.3 is 5.11 Å². The van der Waals surface area contributed by atoms with E-state index in [-0.39, 0.29) is 5.41 Å². The summed E-state index contributed by atoms with van der Waals surface area (Å²) in [6, 6.07) is 5.78. The van der Waals surface area contributed by atoms with Crippen LogP contribution < -0.4 is 0 Å². The van der Waals surface area contributed by atoms with E-state index in [2.05, 4.69) is 33.8 Å². The van der Waals surface area contributed by atoms with Crippen LogP contribution in [0.2, 0.25) is 0 Å². The first kappa shape index (κ1) is 10.1. The number of aryl methyl sites for hydroxylation is 1. The van der Waals surface area contributed by atoms with Gasteiger partial charge in [0.2, 0.25) is 0 Å². The van der Waals surface area contributed by atoms with Crippen molar-refractivity contribution >= 4 is 0 Å². The van der Waals surface area contributed by atoms with Gasteiger partial charge in [-0.3, -0.25) is 0 Å². The van der Waals surface area contributed by atoms with E-state index < -0.39 is 0 Å². The topological polar surface area (TPSA) is 20.2 Å². The van der Waals surface area contributed by atoms with E-state index in [0.29, 0.717) is 5.75 Å². The van der Waals surface area contributed by atoms with Gasteiger partial charge in [-0.25, -0.2) is 0 Å². The molecule has 1 aromatic carbocycles. The van der Waals surface area contributed by atoms with Gasteiger partial charge in [0.15, 0.2) is 0 Å². The van der Waals surface area contributed by atoms with Crippen LogP contribution in [0.5, 0.6) is 5.75 Å². The molecule has 1 heteroatoms. The van der Waals surface area contributed by atoms with Crippen LogP contribution in [0.25, 0.3) is 0 Å². The zero-order chi connectivity index (χ0) is 10.1. The molecule has 0 atom stereocenters. The number of aromatic hydroxyl groups is 1. The van der Waals surface area contributed by atoms with Crippen LogP contribution in [0.1, 0.15) is 38.3 Å². The van der Waals surface area contributed by atoms with Crippen LogP contribution in [0.3, 0.4) is 0 Å². The van der Waals surface area contributed by atoms with Gasteiger partial charge in [0.05, 0.1) is 0 Å². The summed E-state index contributed by atoms with van der Waals surface area (Å²) in [7, 11) is 0. The second kappa shape index (κ2) is 3.41. The van der Waals surface area contributed by atoms with Crippen molar-refractivity contribution in [2.75, 3.05) is 0 Å². The SMILES string of the molecule is CCC(C)(C)c1cc(C)ccc1O. The maximum Gasteiger partial charge on any atom is 0.119 e. The molecule has 0 spiro atoms. The molecule has 0 heterocycles. The van der Waals surface area contributed by atoms with Gasteiger partial charge in [0.25, 0.3) is 0 Å². The summed E-state index contributed by atoms with van der Waals surface area (Å²) in [6.45, 7) is 8.50. The van der Waals surface area contributed by atoms with Crippen molar-refractivity contribution in [2.45, 2.75) is 39.5 Å². The van der Waals surface area contributed by atoms with Gasteiger partial charge in [-0.05, 0) is 30.4 Å². The van der Waals surface area contributed by atoms with Crippen molar-refractivity contribution in [3.8, 4) is 5.75 Å². The Labute approximate surface area is 80.4 Å². The van der Waals surface area contributed by atoms with Crippen molar-refractivity contribution in [2.24, 2.45) is 0 Å². The van der Waals surface area contributed by atoms with Gasteiger partial charge in [0, 0.05) is 0 Å². The standard InChI is InChI=1S/C12H18O/c1-5-12(3,4)10-8-9(2)6-7-11(10)13/h6-8,13H,5H2,1-4H3. The van der Waals surface area contributed by atoms with Crippen molar-refractivity contribution in [3.63, 3.8) is 0 Å². The molecule has 0 aliphatic rings. The Bertz CT molecular complexity index is 300. The molecular formula is C12H18O. The van der Waals surface area contributed by atoms with Crippen molar-refractivity contribution < 1.29 is 5.11 Å². The molecule has 0 saturated carbocycles. The van der Waals surface area contributed by atoms with E-state index in [4.69, 9.17) is 0 Å². The van der Waals surface area contributed by atoms with Crippen molar-refractivity contribution in [1.29, 1.82) is 0 Å². The molecule has 0 bridgehead atoms. The van der Waals surface area contributed by atoms with Gasteiger partial charge in [-0.2, -0.15) is 0 Å². The minimum absolute atomic E-state index is 0.0656. The van der Waals surface area contributed by atoms with Crippen molar-refractivity contribution in [3.05, 3.63) is 29.3 Å². The fourth-order valence-electron chi connectivity index (χ4n) is 1.38. The highest BCUT2D eigenvalue weighted by atomic mass is 16.3. The van der Waals surface area contributed by atoms with Crippen LogP contribution in [0.15, 0.2) is 18.2 Å². The Morgan fingerprint density at radius 2 is 1.92 bits per heavy atom.